The van der Waals surface area contributed by atoms with E-state index in [1.807, 2.05) is 56.3 Å². The van der Waals surface area contributed by atoms with Crippen LogP contribution in [0.4, 0.5) is 22.9 Å². The number of hydrogen-bond donors (Lipinski definition) is 2. The van der Waals surface area contributed by atoms with E-state index in [0.29, 0.717) is 22.4 Å². The first-order chi connectivity index (χ1) is 13.3. The summed E-state index contributed by atoms with van der Waals surface area (Å²) in [6.07, 6.45) is 0. The van der Waals surface area contributed by atoms with Crippen LogP contribution in [0.1, 0.15) is 21.9 Å². The second-order valence-electron chi connectivity index (χ2n) is 6.67. The third-order valence-corrected chi connectivity index (χ3v) is 4.41. The van der Waals surface area contributed by atoms with E-state index in [1.54, 1.807) is 25.1 Å². The Labute approximate surface area is 169 Å². The Morgan fingerprint density at radius 1 is 1.00 bits per heavy atom. The van der Waals surface area contributed by atoms with E-state index in [9.17, 15) is 4.79 Å². The Hall–Kier alpha value is -3.12. The number of carbonyl (C=O) groups excluding carboxylic acids is 1. The van der Waals surface area contributed by atoms with Gasteiger partial charge < -0.3 is 15.5 Å². The number of nitrogens with one attached hydrogen (secondary N) is 2. The van der Waals surface area contributed by atoms with E-state index in [-0.39, 0.29) is 11.6 Å². The molecule has 0 atom stereocenters. The predicted octanol–water partition coefficient (Wildman–Crippen LogP) is 4.81. The number of rotatable bonds is 5. The number of carbonyl (C=O) groups is 1. The lowest BCUT2D eigenvalue weighted by atomic mass is 10.2. The minimum atomic E-state index is -0.318. The van der Waals surface area contributed by atoms with Crippen molar-refractivity contribution < 1.29 is 4.79 Å². The summed E-state index contributed by atoms with van der Waals surface area (Å²) in [6, 6.07) is 14.9. The Bertz CT molecular complexity index is 1000. The molecule has 0 bridgehead atoms. The molecule has 3 aromatic rings. The van der Waals surface area contributed by atoms with Crippen LogP contribution in [0.15, 0.2) is 48.5 Å². The summed E-state index contributed by atoms with van der Waals surface area (Å²) in [5.41, 5.74) is 3.83. The maximum atomic E-state index is 12.7. The molecule has 28 heavy (non-hydrogen) atoms. The molecule has 0 saturated carbocycles. The first-order valence-electron chi connectivity index (χ1n) is 8.79. The standard InChI is InChI=1S/C21H22ClN5O/c1-13-5-6-15(22)11-18(13)26-21(28)19-12-20(24-14(2)23-19)25-16-7-9-17(10-8-16)27(3)4/h5-12H,1-4H3,(H,26,28)(H,23,24,25). The highest BCUT2D eigenvalue weighted by atomic mass is 35.5. The molecule has 0 saturated heterocycles. The number of halogens is 1. The van der Waals surface area contributed by atoms with E-state index >= 15 is 0 Å². The van der Waals surface area contributed by atoms with Crippen LogP contribution < -0.4 is 15.5 Å². The highest BCUT2D eigenvalue weighted by Crippen LogP contribution is 2.22. The van der Waals surface area contributed by atoms with Gasteiger partial charge in [-0.05, 0) is 55.8 Å². The molecule has 7 heteroatoms. The van der Waals surface area contributed by atoms with Crippen LogP contribution in [0.5, 0.6) is 0 Å². The van der Waals surface area contributed by atoms with Gasteiger partial charge in [0.15, 0.2) is 0 Å². The van der Waals surface area contributed by atoms with Crippen LogP contribution in [0.3, 0.4) is 0 Å². The van der Waals surface area contributed by atoms with Crippen LogP contribution in [-0.2, 0) is 0 Å². The van der Waals surface area contributed by atoms with Crippen molar-refractivity contribution in [1.29, 1.82) is 0 Å². The van der Waals surface area contributed by atoms with Gasteiger partial charge in [0.1, 0.15) is 17.3 Å². The van der Waals surface area contributed by atoms with E-state index in [2.05, 4.69) is 20.6 Å². The molecule has 3 rings (SSSR count). The third kappa shape index (κ3) is 4.78. The van der Waals surface area contributed by atoms with Gasteiger partial charge in [0.05, 0.1) is 0 Å². The predicted molar refractivity (Wildman–Crippen MR) is 115 cm³/mol. The fourth-order valence-electron chi connectivity index (χ4n) is 2.65. The summed E-state index contributed by atoms with van der Waals surface area (Å²) >= 11 is 6.03. The lowest BCUT2D eigenvalue weighted by Crippen LogP contribution is -2.16. The molecule has 1 heterocycles. The van der Waals surface area contributed by atoms with Gasteiger partial charge in [-0.2, -0.15) is 0 Å². The Balaban J connectivity index is 1.80. The van der Waals surface area contributed by atoms with E-state index in [1.165, 1.54) is 0 Å². The van der Waals surface area contributed by atoms with Crippen molar-refractivity contribution in [1.82, 2.24) is 9.97 Å². The Morgan fingerprint density at radius 2 is 1.71 bits per heavy atom. The molecule has 0 aliphatic carbocycles. The maximum Gasteiger partial charge on any atom is 0.274 e. The number of aryl methyl sites for hydroxylation is 2. The second kappa shape index (κ2) is 8.27. The largest absolute Gasteiger partial charge is 0.378 e. The molecular weight excluding hydrogens is 374 g/mol. The topological polar surface area (TPSA) is 70.2 Å². The first-order valence-corrected chi connectivity index (χ1v) is 9.17. The zero-order valence-corrected chi connectivity index (χ0v) is 17.0. The molecule has 0 aliphatic rings. The normalized spacial score (nSPS) is 10.5. The Morgan fingerprint density at radius 3 is 2.39 bits per heavy atom. The minimum Gasteiger partial charge on any atom is -0.378 e. The number of anilines is 4. The summed E-state index contributed by atoms with van der Waals surface area (Å²) in [7, 11) is 3.98. The lowest BCUT2D eigenvalue weighted by Gasteiger charge is -2.14. The molecule has 1 amide bonds. The van der Waals surface area contributed by atoms with Gasteiger partial charge in [0.2, 0.25) is 0 Å². The zero-order valence-electron chi connectivity index (χ0n) is 16.2. The average Bonchev–Trinajstić information content (AvgIpc) is 2.64. The SMILES string of the molecule is Cc1nc(Nc2ccc(N(C)C)cc2)cc(C(=O)Nc2cc(Cl)ccc2C)n1. The van der Waals surface area contributed by atoms with Crippen molar-refractivity contribution in [2.24, 2.45) is 0 Å². The summed E-state index contributed by atoms with van der Waals surface area (Å²) in [6.45, 7) is 3.66. The third-order valence-electron chi connectivity index (χ3n) is 4.17. The van der Waals surface area contributed by atoms with Crippen LogP contribution >= 0.6 is 11.6 Å². The number of hydrogen-bond acceptors (Lipinski definition) is 5. The van der Waals surface area contributed by atoms with Gasteiger partial charge in [-0.1, -0.05) is 17.7 Å². The molecule has 0 fully saturated rings. The molecule has 6 nitrogen and oxygen atoms in total. The van der Waals surface area contributed by atoms with Crippen LogP contribution in [0, 0.1) is 13.8 Å². The maximum absolute atomic E-state index is 12.7. The minimum absolute atomic E-state index is 0.277. The highest BCUT2D eigenvalue weighted by molar-refractivity contribution is 6.31. The number of amides is 1. The van der Waals surface area contributed by atoms with E-state index in [4.69, 9.17) is 11.6 Å². The van der Waals surface area contributed by atoms with Crippen LogP contribution in [0.25, 0.3) is 0 Å². The van der Waals surface area contributed by atoms with Gasteiger partial charge in [-0.15, -0.1) is 0 Å². The number of aromatic nitrogens is 2. The van der Waals surface area contributed by atoms with Gasteiger partial charge in [-0.3, -0.25) is 4.79 Å². The molecule has 0 unspecified atom stereocenters. The van der Waals surface area contributed by atoms with Gasteiger partial charge in [0, 0.05) is 42.2 Å². The molecule has 0 spiro atoms. The van der Waals surface area contributed by atoms with Crippen LogP contribution in [0.2, 0.25) is 5.02 Å². The smallest absolute Gasteiger partial charge is 0.274 e. The zero-order chi connectivity index (χ0) is 20.3. The highest BCUT2D eigenvalue weighted by Gasteiger charge is 2.13. The molecule has 1 aromatic heterocycles. The summed E-state index contributed by atoms with van der Waals surface area (Å²) < 4.78 is 0. The van der Waals surface area contributed by atoms with Crippen molar-refractivity contribution in [2.75, 3.05) is 29.6 Å². The lowest BCUT2D eigenvalue weighted by molar-refractivity contribution is 0.102. The second-order valence-corrected chi connectivity index (χ2v) is 7.10. The molecule has 0 radical (unpaired) electrons. The first kappa shape index (κ1) is 19.6. The fourth-order valence-corrected chi connectivity index (χ4v) is 2.83. The summed E-state index contributed by atoms with van der Waals surface area (Å²) in [4.78, 5) is 23.3. The summed E-state index contributed by atoms with van der Waals surface area (Å²) in [5, 5.41) is 6.64. The van der Waals surface area contributed by atoms with Gasteiger partial charge in [-0.25, -0.2) is 9.97 Å². The van der Waals surface area contributed by atoms with Crippen molar-refractivity contribution in [3.8, 4) is 0 Å². The van der Waals surface area contributed by atoms with Gasteiger partial charge >= 0.3 is 0 Å². The summed E-state index contributed by atoms with van der Waals surface area (Å²) in [5.74, 6) is 0.739. The molecule has 2 aromatic carbocycles. The average molecular weight is 396 g/mol. The van der Waals surface area contributed by atoms with Crippen LogP contribution in [-0.4, -0.2) is 30.0 Å². The van der Waals surface area contributed by atoms with E-state index < -0.39 is 0 Å². The molecule has 2 N–H and O–H groups in total. The van der Waals surface area contributed by atoms with E-state index in [0.717, 1.165) is 16.9 Å². The molecule has 144 valence electrons. The number of benzene rings is 2. The van der Waals surface area contributed by atoms with Crippen molar-refractivity contribution in [2.45, 2.75) is 13.8 Å². The Kier molecular flexibility index (Phi) is 5.80. The monoisotopic (exact) mass is 395 g/mol. The number of nitrogens with zero attached hydrogens (tertiary/aromatic N) is 3. The molecular formula is C21H22ClN5O. The fraction of sp³-hybridized carbons (Fsp3) is 0.190. The van der Waals surface area contributed by atoms with Crippen molar-refractivity contribution in [3.63, 3.8) is 0 Å². The van der Waals surface area contributed by atoms with Crippen molar-refractivity contribution >= 4 is 40.4 Å². The van der Waals surface area contributed by atoms with Crippen molar-refractivity contribution in [3.05, 3.63) is 70.6 Å². The quantitative estimate of drug-likeness (QED) is 0.648. The molecule has 0 aliphatic heterocycles. The van der Waals surface area contributed by atoms with Gasteiger partial charge in [0.25, 0.3) is 5.91 Å².